The van der Waals surface area contributed by atoms with E-state index in [0.29, 0.717) is 11.3 Å². The summed E-state index contributed by atoms with van der Waals surface area (Å²) in [6.07, 6.45) is 0. The van der Waals surface area contributed by atoms with Crippen LogP contribution in [0.1, 0.15) is 22.8 Å². The number of nitrogens with two attached hydrogens (primary N) is 1. The zero-order valence-electron chi connectivity index (χ0n) is 10.1. The predicted molar refractivity (Wildman–Crippen MR) is 73.3 cm³/mol. The number of primary amides is 1. The maximum Gasteiger partial charge on any atom is 0.250 e. The minimum atomic E-state index is -0.463. The van der Waals surface area contributed by atoms with Crippen molar-refractivity contribution in [3.05, 3.63) is 65.7 Å². The number of aliphatic imine (C=N–C) groups is 1. The summed E-state index contributed by atoms with van der Waals surface area (Å²) in [5.41, 5.74) is 8.24. The van der Waals surface area contributed by atoms with Crippen molar-refractivity contribution >= 4 is 17.3 Å². The Morgan fingerprint density at radius 2 is 1.61 bits per heavy atom. The molecule has 0 aliphatic carbocycles. The van der Waals surface area contributed by atoms with Gasteiger partial charge in [0.15, 0.2) is 0 Å². The van der Waals surface area contributed by atoms with E-state index in [1.165, 1.54) is 0 Å². The second-order valence-corrected chi connectivity index (χ2v) is 3.94. The molecule has 0 radical (unpaired) electrons. The fraction of sp³-hybridized carbons (Fsp3) is 0.0667. The smallest absolute Gasteiger partial charge is 0.250 e. The first kappa shape index (κ1) is 12.0. The number of benzene rings is 2. The highest BCUT2D eigenvalue weighted by atomic mass is 16.1. The third-order valence-corrected chi connectivity index (χ3v) is 2.65. The summed E-state index contributed by atoms with van der Waals surface area (Å²) in [6, 6.07) is 16.9. The van der Waals surface area contributed by atoms with Gasteiger partial charge < -0.3 is 5.73 Å². The van der Waals surface area contributed by atoms with Gasteiger partial charge in [0.05, 0.1) is 11.3 Å². The Kier molecular flexibility index (Phi) is 3.53. The summed E-state index contributed by atoms with van der Waals surface area (Å²) in [7, 11) is 0. The van der Waals surface area contributed by atoms with Crippen LogP contribution in [0.2, 0.25) is 0 Å². The molecule has 2 rings (SSSR count). The molecule has 0 unspecified atom stereocenters. The van der Waals surface area contributed by atoms with E-state index in [2.05, 4.69) is 4.99 Å². The van der Waals surface area contributed by atoms with Crippen LogP contribution in [-0.4, -0.2) is 11.6 Å². The van der Waals surface area contributed by atoms with Crippen molar-refractivity contribution in [3.63, 3.8) is 0 Å². The number of rotatable bonds is 3. The standard InChI is InChI=1S/C15H14N2O/c1-11(12-7-3-2-4-8-12)17-14-10-6-5-9-13(14)15(16)18/h2-10H,1H3,(H2,16,18). The largest absolute Gasteiger partial charge is 0.366 e. The predicted octanol–water partition coefficient (Wildman–Crippen LogP) is 2.93. The van der Waals surface area contributed by atoms with E-state index < -0.39 is 5.91 Å². The molecule has 18 heavy (non-hydrogen) atoms. The molecule has 0 atom stereocenters. The van der Waals surface area contributed by atoms with Crippen LogP contribution in [0.4, 0.5) is 5.69 Å². The molecule has 0 aliphatic heterocycles. The molecule has 0 saturated heterocycles. The lowest BCUT2D eigenvalue weighted by molar-refractivity contribution is 0.100. The average molecular weight is 238 g/mol. The van der Waals surface area contributed by atoms with Crippen molar-refractivity contribution in [1.29, 1.82) is 0 Å². The van der Waals surface area contributed by atoms with Crippen molar-refractivity contribution in [2.24, 2.45) is 10.7 Å². The topological polar surface area (TPSA) is 55.4 Å². The van der Waals surface area contributed by atoms with Crippen LogP contribution in [0.3, 0.4) is 0 Å². The molecular weight excluding hydrogens is 224 g/mol. The first-order valence-corrected chi connectivity index (χ1v) is 5.68. The lowest BCUT2D eigenvalue weighted by Gasteiger charge is -2.04. The number of carbonyl (C=O) groups excluding carboxylic acids is 1. The summed E-state index contributed by atoms with van der Waals surface area (Å²) in [4.78, 5) is 15.8. The Balaban J connectivity index is 2.42. The van der Waals surface area contributed by atoms with E-state index in [9.17, 15) is 4.79 Å². The van der Waals surface area contributed by atoms with E-state index in [0.717, 1.165) is 11.3 Å². The number of para-hydroxylation sites is 1. The normalized spacial score (nSPS) is 11.3. The molecule has 3 heteroatoms. The first-order valence-electron chi connectivity index (χ1n) is 5.68. The van der Waals surface area contributed by atoms with Crippen molar-refractivity contribution < 1.29 is 4.79 Å². The van der Waals surface area contributed by atoms with Gasteiger partial charge in [0.1, 0.15) is 0 Å². The second kappa shape index (κ2) is 5.27. The number of amides is 1. The zero-order chi connectivity index (χ0) is 13.0. The molecule has 2 aromatic rings. The Morgan fingerprint density at radius 1 is 1.00 bits per heavy atom. The van der Waals surface area contributed by atoms with Gasteiger partial charge in [-0.3, -0.25) is 9.79 Å². The third-order valence-electron chi connectivity index (χ3n) is 2.65. The highest BCUT2D eigenvalue weighted by molar-refractivity contribution is 6.03. The van der Waals surface area contributed by atoms with Crippen LogP contribution in [0.15, 0.2) is 59.6 Å². The molecule has 0 heterocycles. The molecule has 0 spiro atoms. The molecule has 3 nitrogen and oxygen atoms in total. The van der Waals surface area contributed by atoms with Crippen molar-refractivity contribution in [1.82, 2.24) is 0 Å². The van der Waals surface area contributed by atoms with Gasteiger partial charge in [0.2, 0.25) is 0 Å². The van der Waals surface area contributed by atoms with Crippen LogP contribution >= 0.6 is 0 Å². The highest BCUT2D eigenvalue weighted by Crippen LogP contribution is 2.19. The molecule has 0 aromatic heterocycles. The maximum atomic E-state index is 11.3. The lowest BCUT2D eigenvalue weighted by Crippen LogP contribution is -2.11. The lowest BCUT2D eigenvalue weighted by atomic mass is 10.1. The van der Waals surface area contributed by atoms with E-state index in [1.54, 1.807) is 18.2 Å². The summed E-state index contributed by atoms with van der Waals surface area (Å²) in [5, 5.41) is 0. The summed E-state index contributed by atoms with van der Waals surface area (Å²) < 4.78 is 0. The number of carbonyl (C=O) groups is 1. The number of nitrogens with zero attached hydrogens (tertiary/aromatic N) is 1. The minimum Gasteiger partial charge on any atom is -0.366 e. The second-order valence-electron chi connectivity index (χ2n) is 3.94. The zero-order valence-corrected chi connectivity index (χ0v) is 10.1. The third kappa shape index (κ3) is 2.63. The Bertz CT molecular complexity index is 588. The van der Waals surface area contributed by atoms with Crippen molar-refractivity contribution in [2.75, 3.05) is 0 Å². The van der Waals surface area contributed by atoms with Gasteiger partial charge >= 0.3 is 0 Å². The van der Waals surface area contributed by atoms with Gasteiger partial charge in [-0.25, -0.2) is 0 Å². The molecule has 0 fully saturated rings. The summed E-state index contributed by atoms with van der Waals surface area (Å²) >= 11 is 0. The molecule has 2 aromatic carbocycles. The van der Waals surface area contributed by atoms with Crippen LogP contribution in [0.5, 0.6) is 0 Å². The van der Waals surface area contributed by atoms with Crippen LogP contribution < -0.4 is 5.73 Å². The first-order chi connectivity index (χ1) is 8.68. The van der Waals surface area contributed by atoms with Crippen LogP contribution in [0.25, 0.3) is 0 Å². The van der Waals surface area contributed by atoms with Crippen LogP contribution in [-0.2, 0) is 0 Å². The van der Waals surface area contributed by atoms with Gasteiger partial charge in [0.25, 0.3) is 5.91 Å². The highest BCUT2D eigenvalue weighted by Gasteiger charge is 2.06. The molecule has 0 bridgehead atoms. The van der Waals surface area contributed by atoms with E-state index in [4.69, 9.17) is 5.73 Å². The molecule has 2 N–H and O–H groups in total. The van der Waals surface area contributed by atoms with Gasteiger partial charge in [-0.1, -0.05) is 42.5 Å². The average Bonchev–Trinajstić information content (AvgIpc) is 2.40. The number of hydrogen-bond donors (Lipinski definition) is 1. The van der Waals surface area contributed by atoms with E-state index in [1.807, 2.05) is 43.3 Å². The molecule has 0 aliphatic rings. The maximum absolute atomic E-state index is 11.3. The van der Waals surface area contributed by atoms with Gasteiger partial charge in [-0.2, -0.15) is 0 Å². The number of hydrogen-bond acceptors (Lipinski definition) is 2. The molecule has 90 valence electrons. The van der Waals surface area contributed by atoms with Crippen LogP contribution in [0, 0.1) is 0 Å². The monoisotopic (exact) mass is 238 g/mol. The van der Waals surface area contributed by atoms with Crippen molar-refractivity contribution in [3.8, 4) is 0 Å². The summed E-state index contributed by atoms with van der Waals surface area (Å²) in [6.45, 7) is 1.91. The van der Waals surface area contributed by atoms with Gasteiger partial charge in [-0.05, 0) is 24.6 Å². The Morgan fingerprint density at radius 3 is 2.28 bits per heavy atom. The van der Waals surface area contributed by atoms with Gasteiger partial charge in [-0.15, -0.1) is 0 Å². The quantitative estimate of drug-likeness (QED) is 0.821. The minimum absolute atomic E-state index is 0.438. The Hall–Kier alpha value is -2.42. The molecule has 0 saturated carbocycles. The fourth-order valence-electron chi connectivity index (χ4n) is 1.70. The van der Waals surface area contributed by atoms with E-state index in [-0.39, 0.29) is 0 Å². The Labute approximate surface area is 106 Å². The van der Waals surface area contributed by atoms with Gasteiger partial charge in [0, 0.05) is 5.71 Å². The van der Waals surface area contributed by atoms with Crippen molar-refractivity contribution in [2.45, 2.75) is 6.92 Å². The van der Waals surface area contributed by atoms with E-state index >= 15 is 0 Å². The molecular formula is C15H14N2O. The SMILES string of the molecule is CC(=Nc1ccccc1C(N)=O)c1ccccc1. The molecule has 1 amide bonds. The summed E-state index contributed by atoms with van der Waals surface area (Å²) in [5.74, 6) is -0.463. The fourth-order valence-corrected chi connectivity index (χ4v) is 1.70.